The molecule has 20 heavy (non-hydrogen) atoms. The standard InChI is InChI=1S/C14H12F2N2O2/c1-9-10(3-2-4-14(9)18(19)20)8-17-13-7-11(15)5-6-12(13)16/h2-7,17H,8H2,1H3. The summed E-state index contributed by atoms with van der Waals surface area (Å²) in [6.07, 6.45) is 0. The summed E-state index contributed by atoms with van der Waals surface area (Å²) in [7, 11) is 0. The van der Waals surface area contributed by atoms with Crippen LogP contribution < -0.4 is 5.32 Å². The highest BCUT2D eigenvalue weighted by molar-refractivity contribution is 5.49. The van der Waals surface area contributed by atoms with Crippen LogP contribution in [0.2, 0.25) is 0 Å². The number of rotatable bonds is 4. The van der Waals surface area contributed by atoms with Gasteiger partial charge in [0.1, 0.15) is 11.6 Å². The lowest BCUT2D eigenvalue weighted by Crippen LogP contribution is -2.05. The minimum atomic E-state index is -0.575. The van der Waals surface area contributed by atoms with Crippen LogP contribution in [0.15, 0.2) is 36.4 Å². The third-order valence-corrected chi connectivity index (χ3v) is 3.01. The van der Waals surface area contributed by atoms with Crippen LogP contribution in [0.5, 0.6) is 0 Å². The second-order valence-electron chi connectivity index (χ2n) is 4.30. The van der Waals surface area contributed by atoms with Crippen molar-refractivity contribution in [2.45, 2.75) is 13.5 Å². The summed E-state index contributed by atoms with van der Waals surface area (Å²) in [6.45, 7) is 1.80. The molecule has 0 aromatic heterocycles. The number of nitro groups is 1. The first-order valence-electron chi connectivity index (χ1n) is 5.91. The number of nitro benzene ring substituents is 1. The van der Waals surface area contributed by atoms with Crippen LogP contribution in [-0.2, 0) is 6.54 Å². The third kappa shape index (κ3) is 2.90. The molecule has 104 valence electrons. The van der Waals surface area contributed by atoms with Crippen molar-refractivity contribution in [2.75, 3.05) is 5.32 Å². The van der Waals surface area contributed by atoms with Gasteiger partial charge in [0.25, 0.3) is 5.69 Å². The average molecular weight is 278 g/mol. The van der Waals surface area contributed by atoms with Gasteiger partial charge in [0.15, 0.2) is 0 Å². The summed E-state index contributed by atoms with van der Waals surface area (Å²) >= 11 is 0. The van der Waals surface area contributed by atoms with Gasteiger partial charge < -0.3 is 5.32 Å². The number of halogens is 2. The zero-order valence-electron chi connectivity index (χ0n) is 10.7. The van der Waals surface area contributed by atoms with Gasteiger partial charge >= 0.3 is 0 Å². The first-order valence-corrected chi connectivity index (χ1v) is 5.91. The molecule has 4 nitrogen and oxygen atoms in total. The fourth-order valence-corrected chi connectivity index (χ4v) is 1.88. The molecule has 0 atom stereocenters. The fourth-order valence-electron chi connectivity index (χ4n) is 1.88. The normalized spacial score (nSPS) is 10.3. The molecule has 0 fully saturated rings. The monoisotopic (exact) mass is 278 g/mol. The Balaban J connectivity index is 2.21. The predicted octanol–water partition coefficient (Wildman–Crippen LogP) is 3.79. The van der Waals surface area contributed by atoms with Crippen LogP contribution in [-0.4, -0.2) is 4.92 Å². The van der Waals surface area contributed by atoms with E-state index in [9.17, 15) is 18.9 Å². The van der Waals surface area contributed by atoms with E-state index < -0.39 is 16.6 Å². The number of hydrogen-bond acceptors (Lipinski definition) is 3. The average Bonchev–Trinajstić information content (AvgIpc) is 2.41. The molecule has 0 amide bonds. The predicted molar refractivity (Wildman–Crippen MR) is 71.5 cm³/mol. The van der Waals surface area contributed by atoms with E-state index >= 15 is 0 Å². The topological polar surface area (TPSA) is 55.2 Å². The minimum Gasteiger partial charge on any atom is -0.379 e. The minimum absolute atomic E-state index is 0.00372. The zero-order chi connectivity index (χ0) is 14.7. The van der Waals surface area contributed by atoms with Crippen molar-refractivity contribution >= 4 is 11.4 Å². The Morgan fingerprint density at radius 2 is 2.00 bits per heavy atom. The summed E-state index contributed by atoms with van der Waals surface area (Å²) in [6, 6.07) is 7.76. The Morgan fingerprint density at radius 3 is 2.70 bits per heavy atom. The van der Waals surface area contributed by atoms with Gasteiger partial charge in [0.05, 0.1) is 10.6 Å². The van der Waals surface area contributed by atoms with Gasteiger partial charge in [-0.25, -0.2) is 8.78 Å². The van der Waals surface area contributed by atoms with Gasteiger partial charge in [0, 0.05) is 18.2 Å². The molecule has 0 aliphatic carbocycles. The summed E-state index contributed by atoms with van der Waals surface area (Å²) in [5.74, 6) is -1.13. The molecule has 0 spiro atoms. The van der Waals surface area contributed by atoms with Crippen molar-refractivity contribution < 1.29 is 13.7 Å². The van der Waals surface area contributed by atoms with Crippen molar-refractivity contribution in [3.8, 4) is 0 Å². The summed E-state index contributed by atoms with van der Waals surface area (Å²) < 4.78 is 26.5. The van der Waals surface area contributed by atoms with E-state index in [1.54, 1.807) is 19.1 Å². The summed E-state index contributed by atoms with van der Waals surface area (Å²) in [5.41, 5.74) is 1.18. The molecule has 0 unspecified atom stereocenters. The summed E-state index contributed by atoms with van der Waals surface area (Å²) in [5, 5.41) is 13.6. The molecule has 0 aliphatic rings. The number of nitrogens with one attached hydrogen (secondary N) is 1. The highest BCUT2D eigenvalue weighted by Crippen LogP contribution is 2.23. The van der Waals surface area contributed by atoms with E-state index in [0.717, 1.165) is 18.2 Å². The van der Waals surface area contributed by atoms with Crippen molar-refractivity contribution in [2.24, 2.45) is 0 Å². The molecule has 0 saturated heterocycles. The maximum absolute atomic E-state index is 13.4. The molecule has 1 N–H and O–H groups in total. The highest BCUT2D eigenvalue weighted by atomic mass is 19.1. The van der Waals surface area contributed by atoms with Crippen molar-refractivity contribution in [1.82, 2.24) is 0 Å². The Morgan fingerprint density at radius 1 is 1.25 bits per heavy atom. The second kappa shape index (κ2) is 5.64. The Kier molecular flexibility index (Phi) is 3.93. The molecule has 0 aliphatic heterocycles. The molecule has 0 saturated carbocycles. The quantitative estimate of drug-likeness (QED) is 0.683. The maximum Gasteiger partial charge on any atom is 0.272 e. The lowest BCUT2D eigenvalue weighted by molar-refractivity contribution is -0.385. The van der Waals surface area contributed by atoms with Crippen LogP contribution >= 0.6 is 0 Å². The Hall–Kier alpha value is -2.50. The van der Waals surface area contributed by atoms with E-state index in [1.165, 1.54) is 6.07 Å². The van der Waals surface area contributed by atoms with Gasteiger partial charge in [-0.15, -0.1) is 0 Å². The van der Waals surface area contributed by atoms with Crippen LogP contribution in [0, 0.1) is 28.7 Å². The molecule has 2 rings (SSSR count). The van der Waals surface area contributed by atoms with Crippen LogP contribution in [0.1, 0.15) is 11.1 Å². The maximum atomic E-state index is 13.4. The zero-order valence-corrected chi connectivity index (χ0v) is 10.7. The lowest BCUT2D eigenvalue weighted by Gasteiger charge is -2.10. The molecule has 2 aromatic carbocycles. The first-order chi connectivity index (χ1) is 9.49. The largest absolute Gasteiger partial charge is 0.379 e. The van der Waals surface area contributed by atoms with Gasteiger partial charge in [-0.2, -0.15) is 0 Å². The number of benzene rings is 2. The van der Waals surface area contributed by atoms with Crippen molar-refractivity contribution in [1.29, 1.82) is 0 Å². The summed E-state index contributed by atoms with van der Waals surface area (Å²) in [4.78, 5) is 10.4. The van der Waals surface area contributed by atoms with E-state index in [1.807, 2.05) is 0 Å². The number of nitrogens with zero attached hydrogens (tertiary/aromatic N) is 1. The smallest absolute Gasteiger partial charge is 0.272 e. The number of hydrogen-bond donors (Lipinski definition) is 1. The molecule has 0 heterocycles. The molecular weight excluding hydrogens is 266 g/mol. The van der Waals surface area contributed by atoms with Gasteiger partial charge in [-0.05, 0) is 30.7 Å². The van der Waals surface area contributed by atoms with E-state index in [2.05, 4.69) is 5.32 Å². The van der Waals surface area contributed by atoms with Gasteiger partial charge in [-0.3, -0.25) is 10.1 Å². The highest BCUT2D eigenvalue weighted by Gasteiger charge is 2.13. The van der Waals surface area contributed by atoms with Crippen molar-refractivity contribution in [3.05, 3.63) is 69.3 Å². The Labute approximate surface area is 114 Å². The molecule has 6 heteroatoms. The van der Waals surface area contributed by atoms with Crippen molar-refractivity contribution in [3.63, 3.8) is 0 Å². The number of anilines is 1. The van der Waals surface area contributed by atoms with E-state index in [4.69, 9.17) is 0 Å². The van der Waals surface area contributed by atoms with Crippen LogP contribution in [0.4, 0.5) is 20.2 Å². The van der Waals surface area contributed by atoms with Crippen LogP contribution in [0.3, 0.4) is 0 Å². The third-order valence-electron chi connectivity index (χ3n) is 3.01. The molecule has 0 bridgehead atoms. The first kappa shape index (κ1) is 13.9. The molecule has 2 aromatic rings. The SMILES string of the molecule is Cc1c(CNc2cc(F)ccc2F)cccc1[N+](=O)[O-]. The fraction of sp³-hybridized carbons (Fsp3) is 0.143. The van der Waals surface area contributed by atoms with Gasteiger partial charge in [0.2, 0.25) is 0 Å². The molecular formula is C14H12F2N2O2. The lowest BCUT2D eigenvalue weighted by atomic mass is 10.1. The van der Waals surface area contributed by atoms with Gasteiger partial charge in [-0.1, -0.05) is 12.1 Å². The molecule has 0 radical (unpaired) electrons. The van der Waals surface area contributed by atoms with E-state index in [-0.39, 0.29) is 17.9 Å². The second-order valence-corrected chi connectivity index (χ2v) is 4.30. The van der Waals surface area contributed by atoms with Crippen LogP contribution in [0.25, 0.3) is 0 Å². The Bertz CT molecular complexity index is 660. The van der Waals surface area contributed by atoms with E-state index in [0.29, 0.717) is 11.1 Å².